The molecule has 4 heteroatoms. The molecule has 96 valence electrons. The van der Waals surface area contributed by atoms with Crippen LogP contribution in [-0.2, 0) is 24.3 Å². The number of unbranched alkanes of at least 4 members (excludes halogenated alkanes) is 1. The van der Waals surface area contributed by atoms with Crippen molar-refractivity contribution in [2.24, 2.45) is 5.92 Å². The van der Waals surface area contributed by atoms with Crippen LogP contribution in [-0.4, -0.2) is 15.6 Å². The van der Waals surface area contributed by atoms with Gasteiger partial charge in [-0.2, -0.15) is 0 Å². The zero-order chi connectivity index (χ0) is 12.8. The lowest BCUT2D eigenvalue weighted by atomic mass is 10.2. The molecule has 1 rings (SSSR count). The first-order valence-electron chi connectivity index (χ1n) is 6.40. The number of aryl methyl sites for hydroxylation is 1. The molecule has 0 saturated heterocycles. The molecule has 0 saturated carbocycles. The maximum atomic E-state index is 10.9. The Bertz CT molecular complexity index is 371. The molecule has 0 bridgehead atoms. The first-order valence-corrected chi connectivity index (χ1v) is 6.40. The Hall–Kier alpha value is -1.32. The zero-order valence-corrected chi connectivity index (χ0v) is 11.0. The summed E-state index contributed by atoms with van der Waals surface area (Å²) in [6.45, 7) is 7.53. The molecule has 0 fully saturated rings. The summed E-state index contributed by atoms with van der Waals surface area (Å²) < 4.78 is 4.28. The van der Waals surface area contributed by atoms with E-state index in [0.717, 1.165) is 25.8 Å². The van der Waals surface area contributed by atoms with Gasteiger partial charge in [0.25, 0.3) is 5.82 Å². The van der Waals surface area contributed by atoms with E-state index in [1.807, 2.05) is 12.4 Å². The van der Waals surface area contributed by atoms with Crippen LogP contribution in [0.5, 0.6) is 0 Å². The number of imidazole rings is 1. The third-order valence-electron chi connectivity index (χ3n) is 3.08. The highest BCUT2D eigenvalue weighted by molar-refractivity contribution is 5.69. The number of aliphatic carboxylic acids is 1. The molecule has 1 N–H and O–H groups in total. The van der Waals surface area contributed by atoms with Crippen molar-refractivity contribution in [1.82, 2.24) is 4.57 Å². The van der Waals surface area contributed by atoms with Gasteiger partial charge >= 0.3 is 5.97 Å². The molecular weight excluding hydrogens is 216 g/mol. The normalized spacial score (nSPS) is 12.6. The Morgan fingerprint density at radius 1 is 1.53 bits per heavy atom. The summed E-state index contributed by atoms with van der Waals surface area (Å²) in [6, 6.07) is 0. The second kappa shape index (κ2) is 6.42. The van der Waals surface area contributed by atoms with Gasteiger partial charge in [0.1, 0.15) is 18.9 Å². The van der Waals surface area contributed by atoms with Crippen LogP contribution in [0.3, 0.4) is 0 Å². The van der Waals surface area contributed by atoms with Gasteiger partial charge in [-0.15, -0.1) is 0 Å². The molecule has 0 radical (unpaired) electrons. The molecule has 0 aromatic carbocycles. The van der Waals surface area contributed by atoms with Gasteiger partial charge in [-0.3, -0.25) is 4.79 Å². The summed E-state index contributed by atoms with van der Waals surface area (Å²) in [5.41, 5.74) is 0. The van der Waals surface area contributed by atoms with Gasteiger partial charge in [-0.05, 0) is 20.3 Å². The molecule has 0 aliphatic carbocycles. The minimum absolute atomic E-state index is 0.340. The van der Waals surface area contributed by atoms with Crippen LogP contribution in [0.25, 0.3) is 0 Å². The van der Waals surface area contributed by atoms with Crippen molar-refractivity contribution in [3.05, 3.63) is 18.2 Å². The second-order valence-electron chi connectivity index (χ2n) is 4.50. The largest absolute Gasteiger partial charge is 0.481 e. The van der Waals surface area contributed by atoms with Crippen molar-refractivity contribution in [3.8, 4) is 0 Å². The van der Waals surface area contributed by atoms with E-state index in [0.29, 0.717) is 6.54 Å². The highest BCUT2D eigenvalue weighted by Crippen LogP contribution is 2.04. The lowest BCUT2D eigenvalue weighted by molar-refractivity contribution is -0.707. The monoisotopic (exact) mass is 239 g/mol. The molecule has 1 heterocycles. The van der Waals surface area contributed by atoms with Gasteiger partial charge < -0.3 is 5.11 Å². The fraction of sp³-hybridized carbons (Fsp3) is 0.692. The minimum Gasteiger partial charge on any atom is -0.481 e. The predicted octanol–water partition coefficient (Wildman–Crippen LogP) is 1.86. The Balaban J connectivity index is 2.83. The van der Waals surface area contributed by atoms with Crippen LogP contribution >= 0.6 is 0 Å². The topological polar surface area (TPSA) is 46.1 Å². The summed E-state index contributed by atoms with van der Waals surface area (Å²) in [5, 5.41) is 8.95. The molecule has 17 heavy (non-hydrogen) atoms. The van der Waals surface area contributed by atoms with Crippen LogP contribution in [0, 0.1) is 5.92 Å². The molecule has 4 nitrogen and oxygen atoms in total. The van der Waals surface area contributed by atoms with Gasteiger partial charge in [0, 0.05) is 6.42 Å². The van der Waals surface area contributed by atoms with Crippen LogP contribution in [0.4, 0.5) is 0 Å². The fourth-order valence-corrected chi connectivity index (χ4v) is 1.95. The lowest BCUT2D eigenvalue weighted by Gasteiger charge is -2.06. The Labute approximate surface area is 103 Å². The molecule has 0 aliphatic rings. The third kappa shape index (κ3) is 3.58. The summed E-state index contributed by atoms with van der Waals surface area (Å²) in [6.07, 6.45) is 7.35. The zero-order valence-electron chi connectivity index (χ0n) is 11.0. The molecule has 0 amide bonds. The van der Waals surface area contributed by atoms with Crippen molar-refractivity contribution in [2.75, 3.05) is 0 Å². The number of nitrogens with zero attached hydrogens (tertiary/aromatic N) is 2. The SMILES string of the molecule is CCCCc1n(CC)cc[n+]1CC(C)C(=O)O. The molecule has 1 unspecified atom stereocenters. The molecule has 1 aromatic heterocycles. The van der Waals surface area contributed by atoms with E-state index in [4.69, 9.17) is 5.11 Å². The van der Waals surface area contributed by atoms with E-state index < -0.39 is 5.97 Å². The third-order valence-corrected chi connectivity index (χ3v) is 3.08. The second-order valence-corrected chi connectivity index (χ2v) is 4.50. The standard InChI is InChI=1S/C13H22N2O2/c1-4-6-7-12-14(5-2)8-9-15(12)10-11(3)13(16)17/h8-9,11H,4-7,10H2,1-3H3/p+1. The number of carboxylic acid groups (broad SMARTS) is 1. The highest BCUT2D eigenvalue weighted by Gasteiger charge is 2.20. The van der Waals surface area contributed by atoms with Gasteiger partial charge in [0.15, 0.2) is 0 Å². The van der Waals surface area contributed by atoms with Crippen LogP contribution in [0.1, 0.15) is 39.4 Å². The number of hydrogen-bond donors (Lipinski definition) is 1. The number of aromatic nitrogens is 2. The van der Waals surface area contributed by atoms with Crippen molar-refractivity contribution in [3.63, 3.8) is 0 Å². The maximum Gasteiger partial charge on any atom is 0.310 e. The molecule has 0 aliphatic heterocycles. The van der Waals surface area contributed by atoms with Crippen molar-refractivity contribution < 1.29 is 14.5 Å². The highest BCUT2D eigenvalue weighted by atomic mass is 16.4. The van der Waals surface area contributed by atoms with E-state index in [9.17, 15) is 4.79 Å². The van der Waals surface area contributed by atoms with Crippen molar-refractivity contribution >= 4 is 5.97 Å². The number of rotatable bonds is 7. The van der Waals surface area contributed by atoms with Gasteiger partial charge in [-0.1, -0.05) is 13.3 Å². The summed E-state index contributed by atoms with van der Waals surface area (Å²) in [7, 11) is 0. The average Bonchev–Trinajstić information content (AvgIpc) is 2.68. The van der Waals surface area contributed by atoms with E-state index in [1.165, 1.54) is 5.82 Å². The summed E-state index contributed by atoms with van der Waals surface area (Å²) >= 11 is 0. The van der Waals surface area contributed by atoms with Gasteiger partial charge in [0.2, 0.25) is 0 Å². The minimum atomic E-state index is -0.733. The van der Waals surface area contributed by atoms with Crippen LogP contribution < -0.4 is 4.57 Å². The van der Waals surface area contributed by atoms with E-state index in [1.54, 1.807) is 6.92 Å². The molecule has 1 atom stereocenters. The van der Waals surface area contributed by atoms with E-state index in [-0.39, 0.29) is 5.92 Å². The fourth-order valence-electron chi connectivity index (χ4n) is 1.95. The van der Waals surface area contributed by atoms with Crippen molar-refractivity contribution in [1.29, 1.82) is 0 Å². The average molecular weight is 239 g/mol. The number of hydrogen-bond acceptors (Lipinski definition) is 1. The van der Waals surface area contributed by atoms with E-state index >= 15 is 0 Å². The van der Waals surface area contributed by atoms with E-state index in [2.05, 4.69) is 23.0 Å². The van der Waals surface area contributed by atoms with Gasteiger partial charge in [-0.25, -0.2) is 9.13 Å². The maximum absolute atomic E-state index is 10.9. The predicted molar refractivity (Wildman–Crippen MR) is 65.7 cm³/mol. The van der Waals surface area contributed by atoms with Crippen LogP contribution in [0.15, 0.2) is 12.4 Å². The van der Waals surface area contributed by atoms with Crippen LogP contribution in [0.2, 0.25) is 0 Å². The van der Waals surface area contributed by atoms with Gasteiger partial charge in [0.05, 0.1) is 12.5 Å². The van der Waals surface area contributed by atoms with Crippen molar-refractivity contribution in [2.45, 2.75) is 53.1 Å². The lowest BCUT2D eigenvalue weighted by Crippen LogP contribution is -2.41. The first-order chi connectivity index (χ1) is 8.10. The Morgan fingerprint density at radius 2 is 2.24 bits per heavy atom. The summed E-state index contributed by atoms with van der Waals surface area (Å²) in [4.78, 5) is 10.9. The molecule has 0 spiro atoms. The Kier molecular flexibility index (Phi) is 5.19. The number of carboxylic acids is 1. The molecule has 1 aromatic rings. The number of carbonyl (C=O) groups is 1. The Morgan fingerprint density at radius 3 is 2.76 bits per heavy atom. The first kappa shape index (κ1) is 13.7. The quantitative estimate of drug-likeness (QED) is 0.738. The summed E-state index contributed by atoms with van der Waals surface area (Å²) in [5.74, 6) is 0.165. The smallest absolute Gasteiger partial charge is 0.310 e. The molecular formula is C13H23N2O2+.